The molecule has 1 amide bonds. The molecule has 0 atom stereocenters. The number of hydrogen-bond acceptors (Lipinski definition) is 6. The zero-order chi connectivity index (χ0) is 18.9. The normalized spacial score (nSPS) is 14.7. The average Bonchev–Trinajstić information content (AvgIpc) is 2.69. The van der Waals surface area contributed by atoms with Crippen molar-refractivity contribution < 1.29 is 9.53 Å². The van der Waals surface area contributed by atoms with Gasteiger partial charge < -0.3 is 15.4 Å². The van der Waals surface area contributed by atoms with Gasteiger partial charge in [0.1, 0.15) is 0 Å². The van der Waals surface area contributed by atoms with Crippen molar-refractivity contribution in [3.63, 3.8) is 0 Å². The predicted molar refractivity (Wildman–Crippen MR) is 105 cm³/mol. The van der Waals surface area contributed by atoms with Crippen LogP contribution in [0.3, 0.4) is 0 Å². The van der Waals surface area contributed by atoms with Gasteiger partial charge in [0.15, 0.2) is 0 Å². The number of nitrogens with zero attached hydrogens (tertiary/aromatic N) is 3. The molecule has 1 fully saturated rings. The van der Waals surface area contributed by atoms with E-state index in [-0.39, 0.29) is 5.91 Å². The number of rotatable bonds is 8. The van der Waals surface area contributed by atoms with Crippen molar-refractivity contribution in [2.45, 2.75) is 6.42 Å². The summed E-state index contributed by atoms with van der Waals surface area (Å²) < 4.78 is 5.31. The summed E-state index contributed by atoms with van der Waals surface area (Å²) in [5.41, 5.74) is 1.60. The first kappa shape index (κ1) is 19.5. The molecule has 0 unspecified atom stereocenters. The van der Waals surface area contributed by atoms with Crippen molar-refractivity contribution in [1.29, 1.82) is 0 Å². The number of carbonyl (C=O) groups is 1. The third-order valence-electron chi connectivity index (χ3n) is 4.32. The molecule has 1 aliphatic heterocycles. The van der Waals surface area contributed by atoms with Crippen LogP contribution in [0, 0.1) is 0 Å². The molecular weight excluding hydrogens is 366 g/mol. The SMILES string of the molecule is O=C(NCCN1CCOCC1)c1cnc(NCCc2cccc(Cl)c2)nc1. The largest absolute Gasteiger partial charge is 0.379 e. The molecule has 27 heavy (non-hydrogen) atoms. The standard InChI is InChI=1S/C19H24ClN5O2/c20-17-3-1-2-15(12-17)4-5-22-19-23-13-16(14-24-19)18(26)21-6-7-25-8-10-27-11-9-25/h1-3,12-14H,4-11H2,(H,21,26)(H,22,23,24). The van der Waals surface area contributed by atoms with Gasteiger partial charge in [-0.3, -0.25) is 9.69 Å². The van der Waals surface area contributed by atoms with E-state index in [0.717, 1.165) is 49.9 Å². The van der Waals surface area contributed by atoms with Crippen LogP contribution in [0.25, 0.3) is 0 Å². The van der Waals surface area contributed by atoms with E-state index in [9.17, 15) is 4.79 Å². The lowest BCUT2D eigenvalue weighted by Gasteiger charge is -2.26. The van der Waals surface area contributed by atoms with E-state index in [1.165, 1.54) is 0 Å². The van der Waals surface area contributed by atoms with Gasteiger partial charge in [-0.1, -0.05) is 23.7 Å². The highest BCUT2D eigenvalue weighted by molar-refractivity contribution is 6.30. The average molecular weight is 390 g/mol. The minimum Gasteiger partial charge on any atom is -0.379 e. The van der Waals surface area contributed by atoms with Gasteiger partial charge in [0.2, 0.25) is 5.95 Å². The summed E-state index contributed by atoms with van der Waals surface area (Å²) in [6, 6.07) is 7.75. The van der Waals surface area contributed by atoms with Gasteiger partial charge in [-0.05, 0) is 24.1 Å². The Morgan fingerprint density at radius 1 is 1.19 bits per heavy atom. The number of ether oxygens (including phenoxy) is 1. The van der Waals surface area contributed by atoms with Crippen LogP contribution in [0.4, 0.5) is 5.95 Å². The summed E-state index contributed by atoms with van der Waals surface area (Å²) in [6.07, 6.45) is 3.89. The van der Waals surface area contributed by atoms with Crippen LogP contribution in [0.15, 0.2) is 36.7 Å². The van der Waals surface area contributed by atoms with E-state index in [2.05, 4.69) is 25.5 Å². The monoisotopic (exact) mass is 389 g/mol. The molecule has 0 aliphatic carbocycles. The third-order valence-corrected chi connectivity index (χ3v) is 4.55. The fourth-order valence-electron chi connectivity index (χ4n) is 2.80. The second-order valence-corrected chi connectivity index (χ2v) is 6.75. The molecule has 0 bridgehead atoms. The van der Waals surface area contributed by atoms with Gasteiger partial charge in [-0.15, -0.1) is 0 Å². The third kappa shape index (κ3) is 6.46. The van der Waals surface area contributed by atoms with Gasteiger partial charge in [-0.25, -0.2) is 9.97 Å². The molecule has 144 valence electrons. The van der Waals surface area contributed by atoms with Crippen molar-refractivity contribution in [2.24, 2.45) is 0 Å². The molecule has 3 rings (SSSR count). The Kier molecular flexibility index (Phi) is 7.38. The van der Waals surface area contributed by atoms with E-state index < -0.39 is 0 Å². The molecule has 8 heteroatoms. The lowest BCUT2D eigenvalue weighted by atomic mass is 10.1. The number of morpholine rings is 1. The highest BCUT2D eigenvalue weighted by Gasteiger charge is 2.11. The molecule has 2 N–H and O–H groups in total. The van der Waals surface area contributed by atoms with Crippen LogP contribution in [0.5, 0.6) is 0 Å². The maximum Gasteiger partial charge on any atom is 0.254 e. The van der Waals surface area contributed by atoms with Crippen LogP contribution in [-0.2, 0) is 11.2 Å². The van der Waals surface area contributed by atoms with Crippen molar-refractivity contribution >= 4 is 23.5 Å². The molecule has 2 heterocycles. The first-order valence-corrected chi connectivity index (χ1v) is 9.47. The topological polar surface area (TPSA) is 79.4 Å². The lowest BCUT2D eigenvalue weighted by Crippen LogP contribution is -2.41. The van der Waals surface area contributed by atoms with Gasteiger partial charge in [0, 0.05) is 50.1 Å². The molecule has 7 nitrogen and oxygen atoms in total. The van der Waals surface area contributed by atoms with Crippen LogP contribution >= 0.6 is 11.6 Å². The minimum atomic E-state index is -0.159. The number of anilines is 1. The molecule has 1 aromatic carbocycles. The van der Waals surface area contributed by atoms with Crippen LogP contribution in [0.2, 0.25) is 5.02 Å². The highest BCUT2D eigenvalue weighted by atomic mass is 35.5. The maximum atomic E-state index is 12.2. The zero-order valence-corrected chi connectivity index (χ0v) is 15.9. The fourth-order valence-corrected chi connectivity index (χ4v) is 3.01. The Balaban J connectivity index is 1.39. The predicted octanol–water partition coefficient (Wildman–Crippen LogP) is 1.85. The number of aromatic nitrogens is 2. The molecule has 0 spiro atoms. The van der Waals surface area contributed by atoms with Gasteiger partial charge in [-0.2, -0.15) is 0 Å². The van der Waals surface area contributed by atoms with Gasteiger partial charge in [0.05, 0.1) is 18.8 Å². The van der Waals surface area contributed by atoms with Crippen LogP contribution in [-0.4, -0.2) is 66.7 Å². The number of amides is 1. The molecule has 1 aliphatic rings. The Hall–Kier alpha value is -2.22. The molecule has 1 aromatic heterocycles. The van der Waals surface area contributed by atoms with Crippen molar-refractivity contribution in [3.05, 3.63) is 52.8 Å². The lowest BCUT2D eigenvalue weighted by molar-refractivity contribution is 0.0383. The van der Waals surface area contributed by atoms with E-state index in [4.69, 9.17) is 16.3 Å². The van der Waals surface area contributed by atoms with E-state index in [1.807, 2.05) is 24.3 Å². The van der Waals surface area contributed by atoms with Gasteiger partial charge >= 0.3 is 0 Å². The molecular formula is C19H24ClN5O2. The summed E-state index contributed by atoms with van der Waals surface area (Å²) in [6.45, 7) is 5.44. The summed E-state index contributed by atoms with van der Waals surface area (Å²) in [4.78, 5) is 22.9. The highest BCUT2D eigenvalue weighted by Crippen LogP contribution is 2.11. The van der Waals surface area contributed by atoms with E-state index in [1.54, 1.807) is 12.4 Å². The Morgan fingerprint density at radius 2 is 1.96 bits per heavy atom. The van der Waals surface area contributed by atoms with E-state index >= 15 is 0 Å². The summed E-state index contributed by atoms with van der Waals surface area (Å²) in [7, 11) is 0. The number of nitrogens with one attached hydrogen (secondary N) is 2. The Bertz CT molecular complexity index is 735. The first-order valence-electron chi connectivity index (χ1n) is 9.09. The number of carbonyl (C=O) groups excluding carboxylic acids is 1. The summed E-state index contributed by atoms with van der Waals surface area (Å²) in [5.74, 6) is 0.343. The number of benzene rings is 1. The van der Waals surface area contributed by atoms with Crippen LogP contribution < -0.4 is 10.6 Å². The Morgan fingerprint density at radius 3 is 2.70 bits per heavy atom. The van der Waals surface area contributed by atoms with Crippen molar-refractivity contribution in [2.75, 3.05) is 51.3 Å². The molecule has 2 aromatic rings. The van der Waals surface area contributed by atoms with Crippen molar-refractivity contribution in [3.8, 4) is 0 Å². The minimum absolute atomic E-state index is 0.159. The maximum absolute atomic E-state index is 12.2. The first-order chi connectivity index (χ1) is 13.2. The Labute approximate surface area is 164 Å². The molecule has 1 saturated heterocycles. The second-order valence-electron chi connectivity index (χ2n) is 6.31. The quantitative estimate of drug-likeness (QED) is 0.717. The molecule has 0 radical (unpaired) electrons. The molecule has 0 saturated carbocycles. The number of hydrogen-bond donors (Lipinski definition) is 2. The van der Waals surface area contributed by atoms with Crippen LogP contribution in [0.1, 0.15) is 15.9 Å². The number of halogens is 1. The second kappa shape index (κ2) is 10.2. The van der Waals surface area contributed by atoms with Gasteiger partial charge in [0.25, 0.3) is 5.91 Å². The van der Waals surface area contributed by atoms with Crippen molar-refractivity contribution in [1.82, 2.24) is 20.2 Å². The van der Waals surface area contributed by atoms with E-state index in [0.29, 0.717) is 24.6 Å². The summed E-state index contributed by atoms with van der Waals surface area (Å²) >= 11 is 5.98. The summed E-state index contributed by atoms with van der Waals surface area (Å²) in [5, 5.41) is 6.78. The zero-order valence-electron chi connectivity index (χ0n) is 15.2. The smallest absolute Gasteiger partial charge is 0.254 e. The fraction of sp³-hybridized carbons (Fsp3) is 0.421.